The number of carbonyl (C=O) groups is 1. The van der Waals surface area contributed by atoms with Crippen LogP contribution in [0.4, 0.5) is 0 Å². The second-order valence-corrected chi connectivity index (χ2v) is 9.22. The summed E-state index contributed by atoms with van der Waals surface area (Å²) in [4.78, 5) is 12.5. The minimum absolute atomic E-state index is 0.0757. The largest absolute Gasteiger partial charge is 0.504 e. The van der Waals surface area contributed by atoms with Crippen LogP contribution in [-0.4, -0.2) is 34.0 Å². The van der Waals surface area contributed by atoms with Gasteiger partial charge < -0.3 is 9.84 Å². The van der Waals surface area contributed by atoms with Crippen molar-refractivity contribution in [3.8, 4) is 11.5 Å². The molecule has 4 aliphatic rings. The van der Waals surface area contributed by atoms with Crippen LogP contribution in [0.15, 0.2) is 29.4 Å². The van der Waals surface area contributed by atoms with Crippen LogP contribution in [0.25, 0.3) is 0 Å². The number of rotatable bonds is 6. The minimum Gasteiger partial charge on any atom is -0.504 e. The monoisotopic (exact) mass is 408 g/mol. The Hall–Kier alpha value is -2.83. The Morgan fingerprint density at radius 2 is 1.97 bits per heavy atom. The summed E-state index contributed by atoms with van der Waals surface area (Å²) in [5.41, 5.74) is 4.94. The van der Waals surface area contributed by atoms with Gasteiger partial charge in [-0.3, -0.25) is 9.89 Å². The molecule has 4 saturated carbocycles. The maximum atomic E-state index is 12.5. The number of phenolic OH excluding ortho intramolecular Hbond substituents is 1. The van der Waals surface area contributed by atoms with E-state index in [2.05, 4.69) is 20.7 Å². The third kappa shape index (κ3) is 3.46. The van der Waals surface area contributed by atoms with Crippen molar-refractivity contribution in [1.29, 1.82) is 0 Å². The standard InChI is InChI=1S/C23H28N4O3/c1-2-30-20-8-14(3-4-19(20)28)13-24-27-22(29)18-9-21(26-25-18)23-10-15-5-16(11-23)7-17(6-15)12-23/h3-4,8-9,13,15-17,28H,2,5-7,10-12H2,1H3,(H,25,26)(H,27,29). The van der Waals surface area contributed by atoms with Crippen molar-refractivity contribution in [3.05, 3.63) is 41.2 Å². The first kappa shape index (κ1) is 19.2. The van der Waals surface area contributed by atoms with Crippen LogP contribution in [0.3, 0.4) is 0 Å². The molecule has 1 amide bonds. The van der Waals surface area contributed by atoms with E-state index < -0.39 is 0 Å². The number of benzene rings is 1. The number of hydrogen-bond donors (Lipinski definition) is 3. The molecule has 30 heavy (non-hydrogen) atoms. The van der Waals surface area contributed by atoms with Gasteiger partial charge in [0, 0.05) is 11.1 Å². The Bertz CT molecular complexity index is 945. The van der Waals surface area contributed by atoms with Crippen molar-refractivity contribution in [2.45, 2.75) is 50.9 Å². The van der Waals surface area contributed by atoms with Gasteiger partial charge in [-0.25, -0.2) is 5.43 Å². The number of aromatic hydroxyl groups is 1. The molecule has 2 aromatic rings. The topological polar surface area (TPSA) is 99.6 Å². The molecular weight excluding hydrogens is 380 g/mol. The number of carbonyl (C=O) groups excluding carboxylic acids is 1. The highest BCUT2D eigenvalue weighted by atomic mass is 16.5. The zero-order chi connectivity index (χ0) is 20.7. The fraction of sp³-hybridized carbons (Fsp3) is 0.522. The molecule has 0 atom stereocenters. The molecule has 0 aliphatic heterocycles. The van der Waals surface area contributed by atoms with Crippen LogP contribution in [0.1, 0.15) is 67.2 Å². The summed E-state index contributed by atoms with van der Waals surface area (Å²) in [6, 6.07) is 6.84. The first-order valence-corrected chi connectivity index (χ1v) is 10.9. The van der Waals surface area contributed by atoms with Crippen LogP contribution in [0.5, 0.6) is 11.5 Å². The third-order valence-electron chi connectivity index (χ3n) is 7.08. The molecule has 4 bridgehead atoms. The molecule has 7 nitrogen and oxygen atoms in total. The number of amides is 1. The maximum Gasteiger partial charge on any atom is 0.291 e. The van der Waals surface area contributed by atoms with Crippen LogP contribution in [0, 0.1) is 17.8 Å². The number of hydrogen-bond acceptors (Lipinski definition) is 5. The molecule has 1 aromatic heterocycles. The van der Waals surface area contributed by atoms with Gasteiger partial charge in [-0.15, -0.1) is 0 Å². The molecule has 0 radical (unpaired) electrons. The molecule has 4 aliphatic carbocycles. The molecule has 1 aromatic carbocycles. The lowest BCUT2D eigenvalue weighted by Gasteiger charge is -2.56. The Kier molecular flexibility index (Phi) is 4.76. The summed E-state index contributed by atoms with van der Waals surface area (Å²) < 4.78 is 5.36. The van der Waals surface area contributed by atoms with Crippen LogP contribution >= 0.6 is 0 Å². The van der Waals surface area contributed by atoms with Gasteiger partial charge in [0.25, 0.3) is 5.91 Å². The molecule has 0 spiro atoms. The van der Waals surface area contributed by atoms with E-state index in [0.717, 1.165) is 23.4 Å². The van der Waals surface area contributed by atoms with Crippen LogP contribution < -0.4 is 10.2 Å². The van der Waals surface area contributed by atoms with Crippen molar-refractivity contribution >= 4 is 12.1 Å². The molecule has 0 unspecified atom stereocenters. The van der Waals surface area contributed by atoms with Gasteiger partial charge in [-0.05, 0) is 93.0 Å². The van der Waals surface area contributed by atoms with Crippen molar-refractivity contribution in [1.82, 2.24) is 15.6 Å². The predicted molar refractivity (Wildman–Crippen MR) is 113 cm³/mol. The highest BCUT2D eigenvalue weighted by Gasteiger charge is 2.52. The zero-order valence-corrected chi connectivity index (χ0v) is 17.2. The number of nitrogens with one attached hydrogen (secondary N) is 2. The SMILES string of the molecule is CCOc1cc(C=NNC(=O)c2cc(C34CC5CC(CC(C5)C3)C4)[nH]n2)ccc1O. The van der Waals surface area contributed by atoms with Crippen molar-refractivity contribution in [2.24, 2.45) is 22.9 Å². The number of hydrazone groups is 1. The second-order valence-electron chi connectivity index (χ2n) is 9.22. The van der Waals surface area contributed by atoms with E-state index in [4.69, 9.17) is 4.74 Å². The molecule has 3 N–H and O–H groups in total. The maximum absolute atomic E-state index is 12.5. The number of ether oxygens (including phenoxy) is 1. The van der Waals surface area contributed by atoms with E-state index in [1.807, 2.05) is 13.0 Å². The highest BCUT2D eigenvalue weighted by molar-refractivity contribution is 5.93. The normalized spacial score (nSPS) is 29.4. The molecule has 6 rings (SSSR count). The highest BCUT2D eigenvalue weighted by Crippen LogP contribution is 2.60. The van der Waals surface area contributed by atoms with Crippen LogP contribution in [0.2, 0.25) is 0 Å². The summed E-state index contributed by atoms with van der Waals surface area (Å²) in [5, 5.41) is 21.3. The molecule has 1 heterocycles. The molecule has 0 saturated heterocycles. The fourth-order valence-corrected chi connectivity index (χ4v) is 6.26. The van der Waals surface area contributed by atoms with E-state index in [0.29, 0.717) is 23.6 Å². The van der Waals surface area contributed by atoms with Gasteiger partial charge in [0.2, 0.25) is 0 Å². The molecule has 158 valence electrons. The lowest BCUT2D eigenvalue weighted by molar-refractivity contribution is -0.00721. The average molecular weight is 409 g/mol. The van der Waals surface area contributed by atoms with Crippen LogP contribution in [-0.2, 0) is 5.41 Å². The second kappa shape index (κ2) is 7.45. The number of aromatic nitrogens is 2. The van der Waals surface area contributed by atoms with E-state index >= 15 is 0 Å². The van der Waals surface area contributed by atoms with E-state index in [1.165, 1.54) is 44.7 Å². The lowest BCUT2D eigenvalue weighted by atomic mass is 9.49. The Labute approximate surface area is 175 Å². The number of nitrogens with zero attached hydrogens (tertiary/aromatic N) is 2. The summed E-state index contributed by atoms with van der Waals surface area (Å²) >= 11 is 0. The minimum atomic E-state index is -0.331. The van der Waals surface area contributed by atoms with Gasteiger partial charge >= 0.3 is 0 Å². The Morgan fingerprint density at radius 3 is 2.63 bits per heavy atom. The fourth-order valence-electron chi connectivity index (χ4n) is 6.26. The number of aromatic amines is 1. The first-order chi connectivity index (χ1) is 14.5. The summed E-state index contributed by atoms with van der Waals surface area (Å²) in [6.45, 7) is 2.30. The van der Waals surface area contributed by atoms with Gasteiger partial charge in [0.15, 0.2) is 17.2 Å². The van der Waals surface area contributed by atoms with E-state index in [9.17, 15) is 9.90 Å². The Morgan fingerprint density at radius 1 is 1.27 bits per heavy atom. The van der Waals surface area contributed by atoms with Gasteiger partial charge in [0.1, 0.15) is 0 Å². The predicted octanol–water partition coefficient (Wildman–Crippen LogP) is 3.75. The average Bonchev–Trinajstić information content (AvgIpc) is 3.21. The quantitative estimate of drug-likeness (QED) is 0.501. The number of phenols is 1. The van der Waals surface area contributed by atoms with E-state index in [1.54, 1.807) is 18.2 Å². The van der Waals surface area contributed by atoms with Gasteiger partial charge in [0.05, 0.1) is 12.8 Å². The van der Waals surface area contributed by atoms with Crippen molar-refractivity contribution in [2.75, 3.05) is 6.61 Å². The Balaban J connectivity index is 1.25. The molecule has 7 heteroatoms. The summed E-state index contributed by atoms with van der Waals surface area (Å²) in [6.07, 6.45) is 9.36. The van der Waals surface area contributed by atoms with Crippen molar-refractivity contribution < 1.29 is 14.6 Å². The zero-order valence-electron chi connectivity index (χ0n) is 17.2. The molecule has 4 fully saturated rings. The smallest absolute Gasteiger partial charge is 0.291 e. The summed E-state index contributed by atoms with van der Waals surface area (Å²) in [5.74, 6) is 2.66. The first-order valence-electron chi connectivity index (χ1n) is 10.9. The lowest BCUT2D eigenvalue weighted by Crippen LogP contribution is -2.48. The van der Waals surface area contributed by atoms with Gasteiger partial charge in [-0.2, -0.15) is 10.2 Å². The molecular formula is C23H28N4O3. The third-order valence-corrected chi connectivity index (χ3v) is 7.08. The van der Waals surface area contributed by atoms with Gasteiger partial charge in [-0.1, -0.05) is 0 Å². The van der Waals surface area contributed by atoms with E-state index in [-0.39, 0.29) is 17.1 Å². The van der Waals surface area contributed by atoms with Crippen molar-refractivity contribution in [3.63, 3.8) is 0 Å². The summed E-state index contributed by atoms with van der Waals surface area (Å²) in [7, 11) is 0. The number of H-pyrrole nitrogens is 1.